The molecule has 0 aliphatic rings. The minimum absolute atomic E-state index is 0.0290. The zero-order valence-electron chi connectivity index (χ0n) is 21.5. The minimum Gasteiger partial charge on any atom is -0.493 e. The normalized spacial score (nSPS) is 12.6. The van der Waals surface area contributed by atoms with Gasteiger partial charge in [0.15, 0.2) is 11.5 Å². The number of hydrogen-bond acceptors (Lipinski definition) is 6. The van der Waals surface area contributed by atoms with Gasteiger partial charge in [-0.15, -0.1) is 11.3 Å². The number of thiophene rings is 1. The highest BCUT2D eigenvalue weighted by Crippen LogP contribution is 2.36. The van der Waals surface area contributed by atoms with E-state index < -0.39 is 0 Å². The van der Waals surface area contributed by atoms with Crippen LogP contribution in [0.4, 0.5) is 0 Å². The van der Waals surface area contributed by atoms with Gasteiger partial charge in [-0.1, -0.05) is 13.8 Å². The van der Waals surface area contributed by atoms with Crippen molar-refractivity contribution in [3.63, 3.8) is 0 Å². The number of carbonyl (C=O) groups excluding carboxylic acids is 1. The Labute approximate surface area is 203 Å². The van der Waals surface area contributed by atoms with Gasteiger partial charge < -0.3 is 14.8 Å². The summed E-state index contributed by atoms with van der Waals surface area (Å²) in [5, 5.41) is 3.06. The number of methoxy groups -OCH3 is 1. The van der Waals surface area contributed by atoms with Crippen LogP contribution >= 0.6 is 11.3 Å². The Morgan fingerprint density at radius 2 is 1.67 bits per heavy atom. The van der Waals surface area contributed by atoms with Crippen molar-refractivity contribution in [3.05, 3.63) is 35.2 Å². The van der Waals surface area contributed by atoms with Crippen molar-refractivity contribution >= 4 is 17.2 Å². The molecular weight excluding hydrogens is 434 g/mol. The zero-order valence-corrected chi connectivity index (χ0v) is 22.3. The maximum Gasteiger partial charge on any atom is 0.261 e. The Balaban J connectivity index is 2.06. The monoisotopic (exact) mass is 475 g/mol. The average Bonchev–Trinajstić information content (AvgIpc) is 3.27. The highest BCUT2D eigenvalue weighted by Gasteiger charge is 2.17. The van der Waals surface area contributed by atoms with Gasteiger partial charge in [0.25, 0.3) is 5.91 Å². The first-order valence-electron chi connectivity index (χ1n) is 11.9. The maximum absolute atomic E-state index is 12.7. The Bertz CT molecular complexity index is 869. The second-order valence-corrected chi connectivity index (χ2v) is 9.73. The van der Waals surface area contributed by atoms with Crippen molar-refractivity contribution in [2.24, 2.45) is 0 Å². The Morgan fingerprint density at radius 1 is 1.00 bits per heavy atom. The summed E-state index contributed by atoms with van der Waals surface area (Å²) >= 11 is 1.49. The van der Waals surface area contributed by atoms with Gasteiger partial charge in [-0.2, -0.15) is 0 Å². The molecule has 1 heterocycles. The predicted octanol–water partition coefficient (Wildman–Crippen LogP) is 5.34. The summed E-state index contributed by atoms with van der Waals surface area (Å²) in [6.45, 7) is 18.3. The lowest BCUT2D eigenvalue weighted by Gasteiger charge is -2.30. The summed E-state index contributed by atoms with van der Waals surface area (Å²) in [5.74, 6) is 1.38. The third-order valence-corrected chi connectivity index (χ3v) is 7.02. The van der Waals surface area contributed by atoms with Crippen LogP contribution in [0.5, 0.6) is 11.5 Å². The molecule has 0 radical (unpaired) electrons. The molecule has 1 aromatic heterocycles. The van der Waals surface area contributed by atoms with Crippen molar-refractivity contribution in [3.8, 4) is 21.9 Å². The van der Waals surface area contributed by atoms with Gasteiger partial charge in [0.05, 0.1) is 12.0 Å². The number of ether oxygens (including phenoxy) is 2. The van der Waals surface area contributed by atoms with E-state index in [0.29, 0.717) is 29.3 Å². The first kappa shape index (κ1) is 27.2. The Kier molecular flexibility index (Phi) is 10.7. The fourth-order valence-corrected chi connectivity index (χ4v) is 4.95. The van der Waals surface area contributed by atoms with E-state index in [4.69, 9.17) is 9.47 Å². The molecule has 0 saturated carbocycles. The first-order valence-corrected chi connectivity index (χ1v) is 12.8. The molecular formula is C26H41N3O3S. The molecule has 1 N–H and O–H groups in total. The first-order chi connectivity index (χ1) is 15.7. The van der Waals surface area contributed by atoms with Crippen LogP contribution in [0.25, 0.3) is 10.4 Å². The van der Waals surface area contributed by atoms with Crippen LogP contribution in [-0.2, 0) is 0 Å². The van der Waals surface area contributed by atoms with E-state index >= 15 is 0 Å². The van der Waals surface area contributed by atoms with E-state index in [1.54, 1.807) is 7.11 Å². The molecule has 0 aliphatic heterocycles. The van der Waals surface area contributed by atoms with Gasteiger partial charge in [-0.25, -0.2) is 0 Å². The van der Waals surface area contributed by atoms with Crippen LogP contribution in [0.1, 0.15) is 58.1 Å². The average molecular weight is 476 g/mol. The van der Waals surface area contributed by atoms with E-state index in [0.717, 1.165) is 35.8 Å². The fraction of sp³-hybridized carbons (Fsp3) is 0.577. The largest absolute Gasteiger partial charge is 0.493 e. The molecule has 0 fully saturated rings. The van der Waals surface area contributed by atoms with Crippen LogP contribution in [0, 0.1) is 0 Å². The second-order valence-electron chi connectivity index (χ2n) is 8.65. The van der Waals surface area contributed by atoms with Crippen LogP contribution in [-0.4, -0.2) is 67.3 Å². The molecule has 1 atom stereocenters. The van der Waals surface area contributed by atoms with Gasteiger partial charge in [0.2, 0.25) is 0 Å². The lowest BCUT2D eigenvalue weighted by atomic mass is 10.1. The third kappa shape index (κ3) is 7.45. The molecule has 0 saturated heterocycles. The number of carbonyl (C=O) groups is 1. The topological polar surface area (TPSA) is 54.0 Å². The molecule has 184 valence electrons. The summed E-state index contributed by atoms with van der Waals surface area (Å²) in [7, 11) is 1.65. The minimum atomic E-state index is -0.0425. The molecule has 1 amide bonds. The molecule has 2 aromatic rings. The number of benzene rings is 1. The van der Waals surface area contributed by atoms with Crippen LogP contribution in [0.2, 0.25) is 0 Å². The maximum atomic E-state index is 12.7. The van der Waals surface area contributed by atoms with Crippen LogP contribution in [0.3, 0.4) is 0 Å². The molecule has 6 nitrogen and oxygen atoms in total. The molecule has 0 aliphatic carbocycles. The third-order valence-electron chi connectivity index (χ3n) is 5.88. The van der Waals surface area contributed by atoms with Crippen LogP contribution < -0.4 is 14.8 Å². The Hall–Kier alpha value is -2.09. The molecule has 33 heavy (non-hydrogen) atoms. The quantitative estimate of drug-likeness (QED) is 0.396. The lowest BCUT2D eigenvalue weighted by molar-refractivity contribution is 0.0458. The number of hydrogen-bond donors (Lipinski definition) is 1. The highest BCUT2D eigenvalue weighted by molar-refractivity contribution is 7.17. The number of nitrogens with one attached hydrogen (secondary N) is 1. The second kappa shape index (κ2) is 13.0. The summed E-state index contributed by atoms with van der Waals surface area (Å²) in [6, 6.07) is 10.7. The molecule has 0 bridgehead atoms. The van der Waals surface area contributed by atoms with E-state index in [2.05, 4.69) is 56.7 Å². The fourth-order valence-electron chi connectivity index (χ4n) is 4.03. The lowest BCUT2D eigenvalue weighted by Crippen LogP contribution is -2.42. The van der Waals surface area contributed by atoms with Crippen molar-refractivity contribution in [2.75, 3.05) is 33.3 Å². The molecule has 1 aromatic carbocycles. The van der Waals surface area contributed by atoms with Crippen molar-refractivity contribution in [2.45, 2.75) is 66.8 Å². The summed E-state index contributed by atoms with van der Waals surface area (Å²) in [6.07, 6.45) is -0.0425. The van der Waals surface area contributed by atoms with Gasteiger partial charge in [0.1, 0.15) is 6.23 Å². The number of amides is 1. The molecule has 7 heteroatoms. The van der Waals surface area contributed by atoms with E-state index in [9.17, 15) is 4.79 Å². The van der Waals surface area contributed by atoms with E-state index in [1.165, 1.54) is 11.3 Å². The molecule has 1 unspecified atom stereocenters. The van der Waals surface area contributed by atoms with Gasteiger partial charge in [-0.3, -0.25) is 14.6 Å². The standard InChI is InChI=1S/C26H41N3O3S/c1-9-28(10-2)20(7)32-22-12-11-21(17-23(22)31-8)24-13-14-25(33-24)26(30)27-15-16-29(18(3)4)19(5)6/h11-14,17-20H,9-10,15-16H2,1-8H3,(H,27,30). The predicted molar refractivity (Wildman–Crippen MR) is 139 cm³/mol. The summed E-state index contributed by atoms with van der Waals surface area (Å²) in [5.41, 5.74) is 1.00. The smallest absolute Gasteiger partial charge is 0.261 e. The van der Waals surface area contributed by atoms with Crippen molar-refractivity contribution in [1.82, 2.24) is 15.1 Å². The van der Waals surface area contributed by atoms with E-state index in [1.807, 2.05) is 37.3 Å². The molecule has 0 spiro atoms. The van der Waals surface area contributed by atoms with Gasteiger partial charge in [-0.05, 0) is 83.6 Å². The zero-order chi connectivity index (χ0) is 24.5. The van der Waals surface area contributed by atoms with E-state index in [-0.39, 0.29) is 12.1 Å². The summed E-state index contributed by atoms with van der Waals surface area (Å²) in [4.78, 5) is 19.0. The van der Waals surface area contributed by atoms with Crippen LogP contribution in [0.15, 0.2) is 30.3 Å². The number of nitrogens with zero attached hydrogens (tertiary/aromatic N) is 2. The number of rotatable bonds is 13. The van der Waals surface area contributed by atoms with Gasteiger partial charge in [0, 0.05) is 30.1 Å². The summed E-state index contributed by atoms with van der Waals surface area (Å²) < 4.78 is 11.7. The van der Waals surface area contributed by atoms with Crippen molar-refractivity contribution < 1.29 is 14.3 Å². The van der Waals surface area contributed by atoms with Crippen molar-refractivity contribution in [1.29, 1.82) is 0 Å². The highest BCUT2D eigenvalue weighted by atomic mass is 32.1. The molecule has 2 rings (SSSR count). The van der Waals surface area contributed by atoms with Gasteiger partial charge >= 0.3 is 0 Å². The SMILES string of the molecule is CCN(CC)C(C)Oc1ccc(-c2ccc(C(=O)NCCN(C(C)C)C(C)C)s2)cc1OC. The Morgan fingerprint density at radius 3 is 2.24 bits per heavy atom.